The number of allylic oxidation sites excluding steroid dienone is 1. The van der Waals surface area contributed by atoms with Crippen LogP contribution in [-0.2, 0) is 14.6 Å². The quantitative estimate of drug-likeness (QED) is 0.359. The highest BCUT2D eigenvalue weighted by Crippen LogP contribution is 2.30. The monoisotopic (exact) mass is 396 g/mol. The van der Waals surface area contributed by atoms with Gasteiger partial charge in [0.05, 0.1) is 17.2 Å². The molecule has 0 saturated carbocycles. The Morgan fingerprint density at radius 3 is 2.30 bits per heavy atom. The maximum absolute atomic E-state index is 10.1. The predicted octanol–water partition coefficient (Wildman–Crippen LogP) is 4.37. The van der Waals surface area contributed by atoms with Gasteiger partial charge in [-0.15, -0.1) is 0 Å². The predicted molar refractivity (Wildman–Crippen MR) is 108 cm³/mol. The molecule has 6 nitrogen and oxygen atoms in total. The van der Waals surface area contributed by atoms with Crippen LogP contribution in [0.1, 0.15) is 69.4 Å². The fourth-order valence-corrected chi connectivity index (χ4v) is 3.02. The highest BCUT2D eigenvalue weighted by Gasteiger charge is 2.18. The molecule has 1 aliphatic rings. The summed E-state index contributed by atoms with van der Waals surface area (Å²) in [6, 6.07) is 3.56. The second kappa shape index (κ2) is 12.6. The van der Waals surface area contributed by atoms with Crippen molar-refractivity contribution in [3.05, 3.63) is 29.3 Å². The van der Waals surface area contributed by atoms with E-state index >= 15 is 0 Å². The number of phenols is 1. The lowest BCUT2D eigenvalue weighted by Crippen LogP contribution is -2.05. The Bertz CT molecular complexity index is 689. The van der Waals surface area contributed by atoms with Gasteiger partial charge in [0.2, 0.25) is 16.6 Å². The zero-order chi connectivity index (χ0) is 20.1. The van der Waals surface area contributed by atoms with Crippen LogP contribution in [0.4, 0.5) is 5.69 Å². The Balaban J connectivity index is 0.000000274. The number of fused-ring (bicyclic) bond motifs is 1. The summed E-state index contributed by atoms with van der Waals surface area (Å²) in [5.41, 5.74) is 2.82. The number of aryl methyl sites for hydroxylation is 1. The number of aliphatic imine (C=N–C) groups is 1. The second-order valence-corrected chi connectivity index (χ2v) is 7.56. The van der Waals surface area contributed by atoms with E-state index in [1.54, 1.807) is 12.3 Å². The minimum atomic E-state index is -4.48. The average molecular weight is 397 g/mol. The molecular weight excluding hydrogens is 366 g/mol. The number of nitrogens with zero attached hydrogens (tertiary/aromatic N) is 1. The molecule has 1 aromatic carbocycles. The van der Waals surface area contributed by atoms with Crippen LogP contribution in [0.25, 0.3) is 6.08 Å². The van der Waals surface area contributed by atoms with E-state index in [0.717, 1.165) is 24.0 Å². The van der Waals surface area contributed by atoms with Gasteiger partial charge in [-0.05, 0) is 31.1 Å². The van der Waals surface area contributed by atoms with E-state index < -0.39 is 10.4 Å². The zero-order valence-corrected chi connectivity index (χ0v) is 17.0. The Kier molecular flexibility index (Phi) is 10.9. The molecule has 0 aliphatic carbocycles. The average Bonchev–Trinajstić information content (AvgIpc) is 2.63. The summed E-state index contributed by atoms with van der Waals surface area (Å²) in [4.78, 5) is 4.09. The van der Waals surface area contributed by atoms with Gasteiger partial charge in [-0.2, -0.15) is 0 Å². The molecule has 1 aliphatic heterocycles. The van der Waals surface area contributed by atoms with Crippen molar-refractivity contribution in [2.45, 2.75) is 65.2 Å². The van der Waals surface area contributed by atoms with E-state index in [0.29, 0.717) is 12.1 Å². The van der Waals surface area contributed by atoms with E-state index in [4.69, 9.17) is 0 Å². The standard InChI is InChI=1S/C10H9NO.C10H22O4S/c1-7-4-5-9(12)10-8(7)3-2-6-11-10;1-2-3-4-5-6-7-8-9-10-14-15(11,12)13/h2-6,12H,1H3;2-10H2,1H3,(H,11,12,13)/q+1;/p-1. The van der Waals surface area contributed by atoms with Crippen molar-refractivity contribution in [1.82, 2.24) is 4.99 Å². The number of hydrogen-bond acceptors (Lipinski definition) is 6. The minimum absolute atomic E-state index is 0.0286. The molecule has 0 saturated heterocycles. The molecule has 0 atom stereocenters. The molecule has 1 N–H and O–H groups in total. The minimum Gasteiger partial charge on any atom is -0.726 e. The first-order chi connectivity index (χ1) is 12.8. The number of aromatic hydroxyl groups is 1. The van der Waals surface area contributed by atoms with Crippen molar-refractivity contribution in [2.24, 2.45) is 0 Å². The van der Waals surface area contributed by atoms with E-state index in [9.17, 15) is 18.1 Å². The molecule has 27 heavy (non-hydrogen) atoms. The van der Waals surface area contributed by atoms with Gasteiger partial charge in [-0.1, -0.05) is 57.9 Å². The molecule has 1 aromatic rings. The van der Waals surface area contributed by atoms with Gasteiger partial charge in [0.1, 0.15) is 0 Å². The lowest BCUT2D eigenvalue weighted by Gasteiger charge is -2.06. The Morgan fingerprint density at radius 1 is 1.07 bits per heavy atom. The lowest BCUT2D eigenvalue weighted by atomic mass is 10.0. The second-order valence-electron chi connectivity index (χ2n) is 6.51. The molecule has 151 valence electrons. The van der Waals surface area contributed by atoms with Gasteiger partial charge in [0, 0.05) is 6.08 Å². The van der Waals surface area contributed by atoms with Crippen molar-refractivity contribution in [3.8, 4) is 5.75 Å². The fraction of sp³-hybridized carbons (Fsp3) is 0.550. The van der Waals surface area contributed by atoms with E-state index in [2.05, 4.69) is 16.1 Å². The normalized spacial score (nSPS) is 12.4. The summed E-state index contributed by atoms with van der Waals surface area (Å²) < 4.78 is 34.3. The van der Waals surface area contributed by atoms with Crippen LogP contribution >= 0.6 is 0 Å². The molecule has 7 heteroatoms. The third-order valence-electron chi connectivity index (χ3n) is 4.19. The van der Waals surface area contributed by atoms with Crippen LogP contribution < -0.4 is 4.99 Å². The highest BCUT2D eigenvalue weighted by molar-refractivity contribution is 7.80. The third-order valence-corrected chi connectivity index (χ3v) is 4.65. The first-order valence-corrected chi connectivity index (χ1v) is 10.8. The smallest absolute Gasteiger partial charge is 0.325 e. The van der Waals surface area contributed by atoms with E-state index in [-0.39, 0.29) is 12.4 Å². The number of phenolic OH excluding ortho intramolecular Hbond substituents is 1. The fourth-order valence-electron chi connectivity index (χ4n) is 2.70. The Labute approximate surface area is 162 Å². The van der Waals surface area contributed by atoms with Gasteiger partial charge < -0.3 is 9.66 Å². The number of benzene rings is 1. The SMILES string of the molecule is CCCCCCCCCCOS(=O)(=O)[O-].Cc1ccc(O)c2c1C=CC=[N+]2. The molecular formula is C20H30NO5S. The largest absolute Gasteiger partial charge is 0.726 e. The topological polar surface area (TPSA) is 101 Å². The van der Waals surface area contributed by atoms with Crippen LogP contribution in [-0.4, -0.2) is 30.9 Å². The molecule has 0 spiro atoms. The maximum atomic E-state index is 10.1. The van der Waals surface area contributed by atoms with Crippen LogP contribution in [0.5, 0.6) is 5.75 Å². The number of hydrogen-bond donors (Lipinski definition) is 1. The van der Waals surface area contributed by atoms with Crippen molar-refractivity contribution >= 4 is 28.4 Å². The highest BCUT2D eigenvalue weighted by atomic mass is 32.3. The maximum Gasteiger partial charge on any atom is 0.325 e. The molecule has 0 bridgehead atoms. The molecule has 0 unspecified atom stereocenters. The summed E-state index contributed by atoms with van der Waals surface area (Å²) in [5.74, 6) is 0.246. The molecule has 0 fully saturated rings. The molecule has 0 aromatic heterocycles. The third kappa shape index (κ3) is 10.3. The Hall–Kier alpha value is -1.70. The first kappa shape index (κ1) is 23.3. The van der Waals surface area contributed by atoms with Gasteiger partial charge in [-0.3, -0.25) is 4.18 Å². The van der Waals surface area contributed by atoms with Crippen LogP contribution in [0.3, 0.4) is 0 Å². The summed E-state index contributed by atoms with van der Waals surface area (Å²) in [6.07, 6.45) is 14.4. The molecule has 0 amide bonds. The first-order valence-electron chi connectivity index (χ1n) is 9.48. The number of rotatable bonds is 10. The van der Waals surface area contributed by atoms with Gasteiger partial charge >= 0.3 is 5.69 Å². The summed E-state index contributed by atoms with van der Waals surface area (Å²) in [7, 11) is -4.48. The molecule has 1 radical (unpaired) electrons. The molecule has 2 rings (SSSR count). The molecule has 1 heterocycles. The summed E-state index contributed by atoms with van der Waals surface area (Å²) >= 11 is 0. The van der Waals surface area contributed by atoms with Crippen LogP contribution in [0, 0.1) is 6.92 Å². The zero-order valence-electron chi connectivity index (χ0n) is 16.2. The summed E-state index contributed by atoms with van der Waals surface area (Å²) in [5, 5.41) is 9.43. The van der Waals surface area contributed by atoms with E-state index in [1.165, 1.54) is 32.1 Å². The lowest BCUT2D eigenvalue weighted by molar-refractivity contribution is 0.255. The van der Waals surface area contributed by atoms with Crippen molar-refractivity contribution < 1.29 is 22.3 Å². The van der Waals surface area contributed by atoms with Gasteiger partial charge in [0.15, 0.2) is 5.75 Å². The van der Waals surface area contributed by atoms with Gasteiger partial charge in [-0.25, -0.2) is 8.42 Å². The van der Waals surface area contributed by atoms with E-state index in [1.807, 2.05) is 25.1 Å². The Morgan fingerprint density at radius 2 is 1.70 bits per heavy atom. The number of unbranched alkanes of at least 4 members (excludes halogenated alkanes) is 7. The van der Waals surface area contributed by atoms with Crippen LogP contribution in [0.15, 0.2) is 18.2 Å². The van der Waals surface area contributed by atoms with Gasteiger partial charge in [0.25, 0.3) is 0 Å². The van der Waals surface area contributed by atoms with Crippen molar-refractivity contribution in [3.63, 3.8) is 0 Å². The van der Waals surface area contributed by atoms with Crippen molar-refractivity contribution in [2.75, 3.05) is 6.61 Å². The van der Waals surface area contributed by atoms with Crippen LogP contribution in [0.2, 0.25) is 0 Å². The van der Waals surface area contributed by atoms with Crippen molar-refractivity contribution in [1.29, 1.82) is 0 Å². The summed E-state index contributed by atoms with van der Waals surface area (Å²) in [6.45, 7) is 4.21.